The van der Waals surface area contributed by atoms with Crippen LogP contribution >= 0.6 is 0 Å². The molecule has 0 unspecified atom stereocenters. The van der Waals surface area contributed by atoms with Crippen molar-refractivity contribution >= 4 is 16.9 Å². The molecule has 0 aliphatic carbocycles. The number of carbonyl (C=O) groups is 1. The molecule has 2 aromatic carbocycles. The molecule has 0 radical (unpaired) electrons. The number of aliphatic hydroxyl groups is 2. The van der Waals surface area contributed by atoms with Crippen LogP contribution in [0.3, 0.4) is 0 Å². The molecule has 13 nitrogen and oxygen atoms in total. The van der Waals surface area contributed by atoms with Crippen molar-refractivity contribution in [2.24, 2.45) is 0 Å². The molecule has 1 aliphatic rings. The van der Waals surface area contributed by atoms with Crippen molar-refractivity contribution in [1.82, 2.24) is 0 Å². The molecule has 4 rings (SSSR count). The Morgan fingerprint density at radius 2 is 1.59 bits per heavy atom. The number of esters is 1. The second-order valence-corrected chi connectivity index (χ2v) is 8.36. The lowest BCUT2D eigenvalue weighted by molar-refractivity contribution is -0.272. The first kappa shape index (κ1) is 25.9. The van der Waals surface area contributed by atoms with Crippen molar-refractivity contribution in [3.63, 3.8) is 0 Å². The number of benzene rings is 2. The van der Waals surface area contributed by atoms with Crippen LogP contribution in [0.15, 0.2) is 33.5 Å². The van der Waals surface area contributed by atoms with Crippen molar-refractivity contribution in [3.05, 3.63) is 34.5 Å². The van der Waals surface area contributed by atoms with Gasteiger partial charge in [0, 0.05) is 24.6 Å². The Hall–Kier alpha value is -4.20. The molecule has 6 N–H and O–H groups in total. The van der Waals surface area contributed by atoms with Crippen LogP contribution in [0.4, 0.5) is 0 Å². The van der Waals surface area contributed by atoms with E-state index in [1.807, 2.05) is 0 Å². The van der Waals surface area contributed by atoms with Gasteiger partial charge in [-0.2, -0.15) is 0 Å². The average molecular weight is 520 g/mol. The lowest BCUT2D eigenvalue weighted by atomic mass is 9.99. The van der Waals surface area contributed by atoms with Gasteiger partial charge in [-0.3, -0.25) is 9.59 Å². The first-order valence-electron chi connectivity index (χ1n) is 10.9. The minimum atomic E-state index is -1.81. The maximum absolute atomic E-state index is 13.5. The van der Waals surface area contributed by atoms with Crippen LogP contribution in [0.2, 0.25) is 0 Å². The molecular weight excluding hydrogens is 496 g/mol. The maximum Gasteiger partial charge on any atom is 0.303 e. The Labute approximate surface area is 208 Å². The Bertz CT molecular complexity index is 1390. The van der Waals surface area contributed by atoms with Gasteiger partial charge in [-0.25, -0.2) is 0 Å². The van der Waals surface area contributed by atoms with Gasteiger partial charge in [-0.1, -0.05) is 0 Å². The number of ether oxygens (including phenoxy) is 4. The largest absolute Gasteiger partial charge is 0.508 e. The average Bonchev–Trinajstić information content (AvgIpc) is 2.80. The van der Waals surface area contributed by atoms with Crippen LogP contribution in [0.25, 0.3) is 22.3 Å². The van der Waals surface area contributed by atoms with Crippen molar-refractivity contribution in [2.45, 2.75) is 44.6 Å². The lowest BCUT2D eigenvalue weighted by Gasteiger charge is -2.40. The van der Waals surface area contributed by atoms with Crippen molar-refractivity contribution in [2.75, 3.05) is 7.11 Å². The van der Waals surface area contributed by atoms with Gasteiger partial charge in [0.1, 0.15) is 34.7 Å². The number of rotatable bonds is 5. The van der Waals surface area contributed by atoms with Crippen molar-refractivity contribution in [1.29, 1.82) is 0 Å². The Kier molecular flexibility index (Phi) is 6.78. The highest BCUT2D eigenvalue weighted by Crippen LogP contribution is 2.43. The number of aromatic hydroxyl groups is 4. The summed E-state index contributed by atoms with van der Waals surface area (Å²) in [5, 5.41) is 61.4. The molecule has 0 bridgehead atoms. The van der Waals surface area contributed by atoms with Crippen LogP contribution in [0.1, 0.15) is 13.8 Å². The van der Waals surface area contributed by atoms with E-state index in [9.17, 15) is 40.2 Å². The van der Waals surface area contributed by atoms with Gasteiger partial charge in [0.2, 0.25) is 23.2 Å². The molecule has 13 heteroatoms. The highest BCUT2D eigenvalue weighted by atomic mass is 16.7. The van der Waals surface area contributed by atoms with Gasteiger partial charge >= 0.3 is 5.97 Å². The van der Waals surface area contributed by atoms with E-state index >= 15 is 0 Å². The zero-order chi connectivity index (χ0) is 27.2. The third-order valence-electron chi connectivity index (χ3n) is 5.75. The van der Waals surface area contributed by atoms with Gasteiger partial charge < -0.3 is 54.0 Å². The van der Waals surface area contributed by atoms with E-state index in [1.54, 1.807) is 0 Å². The third kappa shape index (κ3) is 4.67. The predicted octanol–water partition coefficient (Wildman–Crippen LogP) is 1.07. The summed E-state index contributed by atoms with van der Waals surface area (Å²) in [6, 6.07) is 4.12. The van der Waals surface area contributed by atoms with Crippen LogP contribution in [-0.4, -0.2) is 74.4 Å². The monoisotopic (exact) mass is 520 g/mol. The van der Waals surface area contributed by atoms with E-state index < -0.39 is 82.0 Å². The molecule has 1 saturated heterocycles. The molecule has 198 valence electrons. The van der Waals surface area contributed by atoms with E-state index in [0.717, 1.165) is 31.2 Å². The molecule has 3 aromatic rings. The topological polar surface area (TPSA) is 206 Å². The summed E-state index contributed by atoms with van der Waals surface area (Å²) in [4.78, 5) is 24.8. The minimum Gasteiger partial charge on any atom is -0.508 e. The second kappa shape index (κ2) is 9.69. The third-order valence-corrected chi connectivity index (χ3v) is 5.75. The summed E-state index contributed by atoms with van der Waals surface area (Å²) in [6.07, 6.45) is -7.37. The van der Waals surface area contributed by atoms with E-state index in [2.05, 4.69) is 0 Å². The summed E-state index contributed by atoms with van der Waals surface area (Å²) in [6.45, 7) is 2.56. The smallest absolute Gasteiger partial charge is 0.303 e. The fraction of sp³-hybridized carbons (Fsp3) is 0.333. The molecule has 1 aromatic heterocycles. The van der Waals surface area contributed by atoms with Gasteiger partial charge in [0.15, 0.2) is 23.4 Å². The zero-order valence-corrected chi connectivity index (χ0v) is 19.7. The highest BCUT2D eigenvalue weighted by molar-refractivity contribution is 5.88. The number of carbonyl (C=O) groups excluding carboxylic acids is 1. The molecule has 0 spiro atoms. The number of hydrogen-bond donors (Lipinski definition) is 6. The quantitative estimate of drug-likeness (QED) is 0.261. The second-order valence-electron chi connectivity index (χ2n) is 8.36. The fourth-order valence-corrected chi connectivity index (χ4v) is 4.08. The molecule has 37 heavy (non-hydrogen) atoms. The number of methoxy groups -OCH3 is 1. The number of phenolic OH excluding ortho intramolecular Hbond substituents is 4. The Balaban J connectivity index is 1.87. The van der Waals surface area contributed by atoms with E-state index in [1.165, 1.54) is 14.0 Å². The van der Waals surface area contributed by atoms with Crippen LogP contribution < -0.4 is 14.9 Å². The number of phenols is 4. The molecule has 0 saturated carbocycles. The first-order valence-corrected chi connectivity index (χ1v) is 10.9. The SMILES string of the molecule is COc1c(O)cc(-c2oc3cc(O)cc(O)c3c(=O)c2O[C@H]2O[C@H](C)[C@@H](OC(C)=O)[C@H](O)[C@@H]2O)cc1O. The standard InChI is InChI=1S/C24H24O13/c1-8-20(35-9(2)25)18(31)19(32)24(34-8)37-23-17(30)16-12(27)6-11(26)7-15(16)36-21(23)10-4-13(28)22(33-3)14(29)5-10/h4-8,18-20,24,26-29,31-32H,1-3H3/t8-,18-,19+,20-,24-/m1/s1. The van der Waals surface area contributed by atoms with Crippen molar-refractivity contribution in [3.8, 4) is 45.8 Å². The molecule has 1 aliphatic heterocycles. The molecule has 1 fully saturated rings. The Morgan fingerprint density at radius 3 is 2.19 bits per heavy atom. The van der Waals surface area contributed by atoms with Crippen LogP contribution in [0.5, 0.6) is 34.5 Å². The van der Waals surface area contributed by atoms with Gasteiger partial charge in [-0.15, -0.1) is 0 Å². The predicted molar refractivity (Wildman–Crippen MR) is 124 cm³/mol. The maximum atomic E-state index is 13.5. The summed E-state index contributed by atoms with van der Waals surface area (Å²) in [7, 11) is 1.21. The summed E-state index contributed by atoms with van der Waals surface area (Å²) < 4.78 is 26.9. The van der Waals surface area contributed by atoms with Gasteiger partial charge in [0.05, 0.1) is 13.2 Å². The molecule has 0 amide bonds. The van der Waals surface area contributed by atoms with Crippen molar-refractivity contribution < 1.29 is 58.8 Å². The minimum absolute atomic E-state index is 0.0932. The van der Waals surface area contributed by atoms with Gasteiger partial charge in [0.25, 0.3) is 0 Å². The number of fused-ring (bicyclic) bond motifs is 1. The van der Waals surface area contributed by atoms with Gasteiger partial charge in [-0.05, 0) is 19.1 Å². The number of aliphatic hydroxyl groups excluding tert-OH is 2. The summed E-state index contributed by atoms with van der Waals surface area (Å²) in [5.41, 5.74) is -1.33. The zero-order valence-electron chi connectivity index (χ0n) is 19.7. The Morgan fingerprint density at radius 1 is 0.946 bits per heavy atom. The first-order chi connectivity index (χ1) is 17.4. The summed E-state index contributed by atoms with van der Waals surface area (Å²) in [5.74, 6) is -4.12. The molecular formula is C24H24O13. The van der Waals surface area contributed by atoms with E-state index in [4.69, 9.17) is 23.4 Å². The van der Waals surface area contributed by atoms with Crippen LogP contribution in [0, 0.1) is 0 Å². The normalized spacial score (nSPS) is 23.5. The van der Waals surface area contributed by atoms with Crippen LogP contribution in [-0.2, 0) is 14.3 Å². The summed E-state index contributed by atoms with van der Waals surface area (Å²) >= 11 is 0. The fourth-order valence-electron chi connectivity index (χ4n) is 4.08. The van der Waals surface area contributed by atoms with E-state index in [0.29, 0.717) is 0 Å². The van der Waals surface area contributed by atoms with E-state index in [-0.39, 0.29) is 16.9 Å². The molecule has 5 atom stereocenters. The number of hydrogen-bond acceptors (Lipinski definition) is 13. The lowest BCUT2D eigenvalue weighted by Crippen LogP contribution is -2.59. The molecule has 2 heterocycles. The highest BCUT2D eigenvalue weighted by Gasteiger charge is 2.46.